The lowest BCUT2D eigenvalue weighted by atomic mass is 10.4. The second-order valence-electron chi connectivity index (χ2n) is 7.35. The number of esters is 1. The van der Waals surface area contributed by atoms with E-state index in [0.717, 1.165) is 43.3 Å². The predicted octanol–water partition coefficient (Wildman–Crippen LogP) is 2.41. The van der Waals surface area contributed by atoms with Crippen LogP contribution in [0.2, 0.25) is 0 Å². The first kappa shape index (κ1) is 38.0. The van der Waals surface area contributed by atoms with Crippen molar-refractivity contribution in [1.29, 1.82) is 0 Å². The highest BCUT2D eigenvalue weighted by molar-refractivity contribution is 7.99. The summed E-state index contributed by atoms with van der Waals surface area (Å²) in [6, 6.07) is 0. The summed E-state index contributed by atoms with van der Waals surface area (Å²) in [6.07, 6.45) is 1.98. The topological polar surface area (TPSA) is 100 Å². The molecule has 0 aliphatic rings. The van der Waals surface area contributed by atoms with E-state index >= 15 is 0 Å². The van der Waals surface area contributed by atoms with Gasteiger partial charge in [0, 0.05) is 61.6 Å². The summed E-state index contributed by atoms with van der Waals surface area (Å²) in [7, 11) is 9.91. The molecule has 0 aromatic heterocycles. The molecule has 2 unspecified atom stereocenters. The summed E-state index contributed by atoms with van der Waals surface area (Å²) >= 11 is 3.43. The third kappa shape index (κ3) is 30.1. The Morgan fingerprint density at radius 3 is 1.58 bits per heavy atom. The Bertz CT molecular complexity index is 436. The molecule has 2 atom stereocenters. The van der Waals surface area contributed by atoms with E-state index < -0.39 is 0 Å². The van der Waals surface area contributed by atoms with E-state index in [0.29, 0.717) is 52.0 Å². The van der Waals surface area contributed by atoms with Gasteiger partial charge in [0.05, 0.1) is 45.4 Å². The monoisotopic (exact) mass is 562 g/mol. The van der Waals surface area contributed by atoms with Crippen LogP contribution in [0.5, 0.6) is 0 Å². The van der Waals surface area contributed by atoms with Gasteiger partial charge in [0.15, 0.2) is 0 Å². The summed E-state index contributed by atoms with van der Waals surface area (Å²) in [4.78, 5) is 11.2. The van der Waals surface area contributed by atoms with Gasteiger partial charge in [-0.15, -0.1) is 0 Å². The standard InChI is InChI=1S/C13H26O6S.C11H24O4S/c1-15-6-7-19-13(14)11-20-8-4-5-18-10-12(17-3)9-16-2;1-12-6-8-16-7-4-5-15-10-11(14-3)9-13-2/h12H,4-11H2,1-3H3;11H,4-10H2,1-3H3. The molecule has 36 heavy (non-hydrogen) atoms. The van der Waals surface area contributed by atoms with E-state index in [1.54, 1.807) is 54.4 Å². The van der Waals surface area contributed by atoms with Crippen molar-refractivity contribution in [2.45, 2.75) is 25.0 Å². The van der Waals surface area contributed by atoms with E-state index in [1.807, 2.05) is 11.8 Å². The molecular formula is C24H50O10S2. The molecule has 0 rings (SSSR count). The van der Waals surface area contributed by atoms with Crippen molar-refractivity contribution >= 4 is 29.5 Å². The number of methoxy groups -OCH3 is 6. The molecule has 0 N–H and O–H groups in total. The summed E-state index contributed by atoms with van der Waals surface area (Å²) in [5, 5.41) is 0. The lowest BCUT2D eigenvalue weighted by Gasteiger charge is -2.14. The second-order valence-corrected chi connectivity index (χ2v) is 9.68. The van der Waals surface area contributed by atoms with Crippen LogP contribution in [-0.4, -0.2) is 143 Å². The van der Waals surface area contributed by atoms with Crippen LogP contribution >= 0.6 is 23.5 Å². The molecule has 0 aromatic carbocycles. The maximum Gasteiger partial charge on any atom is 0.315 e. The van der Waals surface area contributed by atoms with Crippen LogP contribution in [0.25, 0.3) is 0 Å². The van der Waals surface area contributed by atoms with Crippen molar-refractivity contribution in [3.05, 3.63) is 0 Å². The molecule has 0 saturated carbocycles. The molecule has 0 aliphatic carbocycles. The predicted molar refractivity (Wildman–Crippen MR) is 146 cm³/mol. The van der Waals surface area contributed by atoms with Crippen LogP contribution < -0.4 is 0 Å². The highest BCUT2D eigenvalue weighted by Crippen LogP contribution is 2.04. The number of rotatable bonds is 26. The second kappa shape index (κ2) is 32.9. The lowest BCUT2D eigenvalue weighted by molar-refractivity contribution is -0.141. The third-order valence-corrected chi connectivity index (χ3v) is 6.39. The van der Waals surface area contributed by atoms with Crippen molar-refractivity contribution in [3.8, 4) is 0 Å². The molecule has 0 heterocycles. The van der Waals surface area contributed by atoms with Gasteiger partial charge in [0.25, 0.3) is 0 Å². The van der Waals surface area contributed by atoms with Gasteiger partial charge < -0.3 is 42.6 Å². The van der Waals surface area contributed by atoms with Crippen molar-refractivity contribution in [2.24, 2.45) is 0 Å². The van der Waals surface area contributed by atoms with Gasteiger partial charge in [-0.3, -0.25) is 4.79 Å². The smallest absolute Gasteiger partial charge is 0.315 e. The van der Waals surface area contributed by atoms with Gasteiger partial charge in [-0.2, -0.15) is 23.5 Å². The Morgan fingerprint density at radius 1 is 0.583 bits per heavy atom. The molecule has 0 spiro atoms. The third-order valence-electron chi connectivity index (χ3n) is 4.34. The van der Waals surface area contributed by atoms with E-state index in [9.17, 15) is 4.79 Å². The van der Waals surface area contributed by atoms with Crippen LogP contribution in [0.3, 0.4) is 0 Å². The minimum atomic E-state index is -0.201. The number of thioether (sulfide) groups is 2. The van der Waals surface area contributed by atoms with Gasteiger partial charge in [0.1, 0.15) is 18.8 Å². The zero-order chi connectivity index (χ0) is 27.1. The molecule has 10 nitrogen and oxygen atoms in total. The SMILES string of the molecule is COCCOC(=O)CSCCCOCC(COC)OC.COCCSCCCOCC(COC)OC. The first-order valence-corrected chi connectivity index (χ1v) is 14.4. The summed E-state index contributed by atoms with van der Waals surface area (Å²) < 4.78 is 46.0. The molecular weight excluding hydrogens is 512 g/mol. The number of carbonyl (C=O) groups excluding carboxylic acids is 1. The molecule has 0 amide bonds. The van der Waals surface area contributed by atoms with Crippen molar-refractivity contribution in [2.75, 3.05) is 125 Å². The van der Waals surface area contributed by atoms with Gasteiger partial charge in [-0.25, -0.2) is 0 Å². The highest BCUT2D eigenvalue weighted by Gasteiger charge is 2.07. The van der Waals surface area contributed by atoms with Gasteiger partial charge >= 0.3 is 5.97 Å². The Labute approximate surface area is 227 Å². The first-order chi connectivity index (χ1) is 17.6. The van der Waals surface area contributed by atoms with Crippen LogP contribution in [0.1, 0.15) is 12.8 Å². The zero-order valence-corrected chi connectivity index (χ0v) is 24.8. The fourth-order valence-electron chi connectivity index (χ4n) is 2.38. The van der Waals surface area contributed by atoms with E-state index in [2.05, 4.69) is 0 Å². The maximum absolute atomic E-state index is 11.2. The van der Waals surface area contributed by atoms with Gasteiger partial charge in [-0.1, -0.05) is 0 Å². The number of ether oxygens (including phenoxy) is 9. The molecule has 218 valence electrons. The number of hydrogen-bond donors (Lipinski definition) is 0. The van der Waals surface area contributed by atoms with Gasteiger partial charge in [-0.05, 0) is 24.3 Å². The minimum absolute atomic E-state index is 0.0246. The molecule has 0 bridgehead atoms. The lowest BCUT2D eigenvalue weighted by Crippen LogP contribution is -2.23. The summed E-state index contributed by atoms with van der Waals surface area (Å²) in [5.74, 6) is 3.20. The van der Waals surface area contributed by atoms with Crippen LogP contribution in [0.15, 0.2) is 0 Å². The van der Waals surface area contributed by atoms with Crippen molar-refractivity contribution in [1.82, 2.24) is 0 Å². The fraction of sp³-hybridized carbons (Fsp3) is 0.958. The summed E-state index contributed by atoms with van der Waals surface area (Å²) in [5.41, 5.74) is 0. The van der Waals surface area contributed by atoms with Crippen molar-refractivity contribution < 1.29 is 47.4 Å². The average molecular weight is 563 g/mol. The maximum atomic E-state index is 11.2. The minimum Gasteiger partial charge on any atom is -0.463 e. The Hall–Kier alpha value is -0.150. The van der Waals surface area contributed by atoms with E-state index in [4.69, 9.17) is 42.6 Å². The molecule has 0 aromatic rings. The largest absolute Gasteiger partial charge is 0.463 e. The molecule has 12 heteroatoms. The first-order valence-electron chi connectivity index (χ1n) is 12.1. The van der Waals surface area contributed by atoms with Crippen LogP contribution in [-0.2, 0) is 47.4 Å². The molecule has 0 fully saturated rings. The molecule has 0 saturated heterocycles. The van der Waals surface area contributed by atoms with Crippen LogP contribution in [0.4, 0.5) is 0 Å². The Kier molecular flexibility index (Phi) is 34.7. The zero-order valence-electron chi connectivity index (χ0n) is 23.2. The fourth-order valence-corrected chi connectivity index (χ4v) is 3.90. The normalized spacial score (nSPS) is 12.6. The van der Waals surface area contributed by atoms with Crippen LogP contribution in [0, 0.1) is 0 Å². The molecule has 0 radical (unpaired) electrons. The Balaban J connectivity index is 0. The van der Waals surface area contributed by atoms with Crippen molar-refractivity contribution in [3.63, 3.8) is 0 Å². The molecule has 0 aliphatic heterocycles. The quantitative estimate of drug-likeness (QED) is 0.114. The number of carbonyl (C=O) groups is 1. The average Bonchev–Trinajstić information content (AvgIpc) is 2.88. The Morgan fingerprint density at radius 2 is 1.11 bits per heavy atom. The number of hydrogen-bond acceptors (Lipinski definition) is 12. The van der Waals surface area contributed by atoms with E-state index in [1.165, 1.54) is 0 Å². The van der Waals surface area contributed by atoms with E-state index in [-0.39, 0.29) is 18.2 Å². The van der Waals surface area contributed by atoms with Gasteiger partial charge in [0.2, 0.25) is 0 Å². The highest BCUT2D eigenvalue weighted by atomic mass is 32.2. The summed E-state index contributed by atoms with van der Waals surface area (Å²) in [6.45, 7) is 5.24.